The zero-order chi connectivity index (χ0) is 23.6. The number of hydrogen-bond acceptors (Lipinski definition) is 5. The zero-order valence-electron chi connectivity index (χ0n) is 18.8. The fourth-order valence-electron chi connectivity index (χ4n) is 4.30. The molecule has 1 heterocycles. The highest BCUT2D eigenvalue weighted by Gasteiger charge is 2.31. The lowest BCUT2D eigenvalue weighted by Gasteiger charge is -2.23. The van der Waals surface area contributed by atoms with Gasteiger partial charge in [-0.3, -0.25) is 9.59 Å². The molecule has 0 bridgehead atoms. The standard InChI is InChI=1S/C24H28N4O4S/c1-16-14-17(24(30)25-18-8-4-3-5-9-18)12-13-20(16)26-22(29)15-28(2)23-19-10-6-7-11-21(19)33(31,32)27-23/h6-7,10-14,18H,3-5,8-9,15H2,1-2H3,(H,25,30)(H,26,29). The molecule has 9 heteroatoms. The van der Waals surface area contributed by atoms with Crippen molar-refractivity contribution in [1.82, 2.24) is 10.2 Å². The summed E-state index contributed by atoms with van der Waals surface area (Å²) in [5.74, 6) is -0.168. The maximum atomic E-state index is 12.7. The van der Waals surface area contributed by atoms with E-state index in [0.29, 0.717) is 16.8 Å². The van der Waals surface area contributed by atoms with Crippen LogP contribution in [0.5, 0.6) is 0 Å². The van der Waals surface area contributed by atoms with Gasteiger partial charge in [-0.25, -0.2) is 0 Å². The van der Waals surface area contributed by atoms with E-state index in [4.69, 9.17) is 0 Å². The van der Waals surface area contributed by atoms with Crippen LogP contribution in [-0.2, 0) is 14.8 Å². The van der Waals surface area contributed by atoms with Crippen molar-refractivity contribution in [3.8, 4) is 0 Å². The van der Waals surface area contributed by atoms with E-state index < -0.39 is 10.0 Å². The number of anilines is 1. The van der Waals surface area contributed by atoms with Gasteiger partial charge in [0.05, 0.1) is 6.54 Å². The van der Waals surface area contributed by atoms with Gasteiger partial charge in [0.15, 0.2) is 5.84 Å². The molecule has 8 nitrogen and oxygen atoms in total. The van der Waals surface area contributed by atoms with E-state index in [0.717, 1.165) is 31.2 Å². The number of hydrogen-bond donors (Lipinski definition) is 2. The van der Waals surface area contributed by atoms with Gasteiger partial charge in [0.2, 0.25) is 5.91 Å². The minimum atomic E-state index is -3.75. The molecule has 1 aliphatic carbocycles. The van der Waals surface area contributed by atoms with Crippen LogP contribution in [0.15, 0.2) is 51.8 Å². The molecule has 2 amide bonds. The maximum Gasteiger partial charge on any atom is 0.285 e. The second-order valence-corrected chi connectivity index (χ2v) is 10.2. The average Bonchev–Trinajstić information content (AvgIpc) is 3.07. The molecule has 1 saturated carbocycles. The molecule has 0 radical (unpaired) electrons. The first-order valence-electron chi connectivity index (χ1n) is 11.1. The van der Waals surface area contributed by atoms with E-state index in [1.807, 2.05) is 6.92 Å². The van der Waals surface area contributed by atoms with Gasteiger partial charge in [-0.15, -0.1) is 4.40 Å². The van der Waals surface area contributed by atoms with Crippen LogP contribution in [0.25, 0.3) is 0 Å². The van der Waals surface area contributed by atoms with Gasteiger partial charge in [0.25, 0.3) is 15.9 Å². The number of aryl methyl sites for hydroxylation is 1. The Hall–Kier alpha value is -3.20. The third-order valence-electron chi connectivity index (χ3n) is 6.06. The van der Waals surface area contributed by atoms with Crippen molar-refractivity contribution >= 4 is 33.4 Å². The fraction of sp³-hybridized carbons (Fsp3) is 0.375. The van der Waals surface area contributed by atoms with E-state index in [1.165, 1.54) is 17.4 Å². The third-order valence-corrected chi connectivity index (χ3v) is 7.38. The second kappa shape index (κ2) is 9.35. The summed E-state index contributed by atoms with van der Waals surface area (Å²) in [6.07, 6.45) is 5.55. The topological polar surface area (TPSA) is 108 Å². The number of benzene rings is 2. The van der Waals surface area contributed by atoms with Gasteiger partial charge in [-0.1, -0.05) is 31.4 Å². The molecule has 1 fully saturated rings. The van der Waals surface area contributed by atoms with Crippen molar-refractivity contribution in [2.75, 3.05) is 18.9 Å². The molecule has 0 atom stereocenters. The van der Waals surface area contributed by atoms with E-state index in [1.54, 1.807) is 43.4 Å². The zero-order valence-corrected chi connectivity index (χ0v) is 19.6. The lowest BCUT2D eigenvalue weighted by atomic mass is 9.95. The Morgan fingerprint density at radius 1 is 1.09 bits per heavy atom. The van der Waals surface area contributed by atoms with Crippen molar-refractivity contribution in [3.63, 3.8) is 0 Å². The van der Waals surface area contributed by atoms with Gasteiger partial charge in [-0.05, 0) is 55.7 Å². The largest absolute Gasteiger partial charge is 0.349 e. The first kappa shape index (κ1) is 23.0. The predicted molar refractivity (Wildman–Crippen MR) is 127 cm³/mol. The van der Waals surface area contributed by atoms with E-state index >= 15 is 0 Å². The van der Waals surface area contributed by atoms with Crippen LogP contribution in [0.2, 0.25) is 0 Å². The second-order valence-electron chi connectivity index (χ2n) is 8.63. The van der Waals surface area contributed by atoms with E-state index in [2.05, 4.69) is 15.0 Å². The molecule has 0 spiro atoms. The van der Waals surface area contributed by atoms with Gasteiger partial charge in [-0.2, -0.15) is 8.42 Å². The average molecular weight is 469 g/mol. The number of rotatable bonds is 5. The molecule has 0 unspecified atom stereocenters. The molecule has 1 aliphatic heterocycles. The molecule has 2 aliphatic rings. The number of amides is 2. The van der Waals surface area contributed by atoms with Crippen molar-refractivity contribution in [2.45, 2.75) is 50.0 Å². The van der Waals surface area contributed by atoms with E-state index in [9.17, 15) is 18.0 Å². The number of likely N-dealkylation sites (N-methyl/N-ethyl adjacent to an activating group) is 1. The lowest BCUT2D eigenvalue weighted by Crippen LogP contribution is -2.36. The molecule has 4 rings (SSSR count). The third kappa shape index (κ3) is 5.08. The maximum absolute atomic E-state index is 12.7. The summed E-state index contributed by atoms with van der Waals surface area (Å²) in [5.41, 5.74) is 2.42. The number of carbonyl (C=O) groups is 2. The first-order valence-corrected chi connectivity index (χ1v) is 12.6. The number of fused-ring (bicyclic) bond motifs is 1. The molecular weight excluding hydrogens is 440 g/mol. The molecule has 0 aromatic heterocycles. The summed E-state index contributed by atoms with van der Waals surface area (Å²) in [7, 11) is -2.12. The van der Waals surface area contributed by atoms with Crippen molar-refractivity contribution < 1.29 is 18.0 Å². The normalized spacial score (nSPS) is 17.1. The highest BCUT2D eigenvalue weighted by Crippen LogP contribution is 2.27. The highest BCUT2D eigenvalue weighted by atomic mass is 32.2. The SMILES string of the molecule is Cc1cc(C(=O)NC2CCCCC2)ccc1NC(=O)CN(C)C1=NS(=O)(=O)c2ccccc21. The number of nitrogens with zero attached hydrogens (tertiary/aromatic N) is 2. The Bertz CT molecular complexity index is 1220. The van der Waals surface area contributed by atoms with Gasteiger partial charge in [0, 0.05) is 29.9 Å². The van der Waals surface area contributed by atoms with Crippen LogP contribution in [0.3, 0.4) is 0 Å². The number of nitrogens with one attached hydrogen (secondary N) is 2. The number of carbonyl (C=O) groups excluding carboxylic acids is 2. The summed E-state index contributed by atoms with van der Waals surface area (Å²) < 4.78 is 28.3. The summed E-state index contributed by atoms with van der Waals surface area (Å²) in [5, 5.41) is 5.94. The smallest absolute Gasteiger partial charge is 0.285 e. The quantitative estimate of drug-likeness (QED) is 0.701. The van der Waals surface area contributed by atoms with Crippen LogP contribution in [0.1, 0.15) is 53.6 Å². The van der Waals surface area contributed by atoms with Gasteiger partial charge < -0.3 is 15.5 Å². The Balaban J connectivity index is 1.39. The predicted octanol–water partition coefficient (Wildman–Crippen LogP) is 3.08. The minimum Gasteiger partial charge on any atom is -0.349 e. The molecular formula is C24H28N4O4S. The minimum absolute atomic E-state index is 0.0773. The van der Waals surface area contributed by atoms with Crippen molar-refractivity contribution in [1.29, 1.82) is 0 Å². The Kier molecular flexibility index (Phi) is 6.51. The number of amidine groups is 1. The molecule has 33 heavy (non-hydrogen) atoms. The highest BCUT2D eigenvalue weighted by molar-refractivity contribution is 7.90. The Labute approximate surface area is 194 Å². The molecule has 2 aromatic rings. The van der Waals surface area contributed by atoms with Crippen molar-refractivity contribution in [3.05, 3.63) is 59.2 Å². The monoisotopic (exact) mass is 468 g/mol. The van der Waals surface area contributed by atoms with Crippen LogP contribution >= 0.6 is 0 Å². The molecule has 174 valence electrons. The summed E-state index contributed by atoms with van der Waals surface area (Å²) in [4.78, 5) is 26.9. The molecule has 0 saturated heterocycles. The summed E-state index contributed by atoms with van der Waals surface area (Å²) in [6.45, 7) is 1.76. The summed E-state index contributed by atoms with van der Waals surface area (Å²) >= 11 is 0. The summed E-state index contributed by atoms with van der Waals surface area (Å²) in [6, 6.07) is 12.0. The Morgan fingerprint density at radius 3 is 2.55 bits per heavy atom. The van der Waals surface area contributed by atoms with Gasteiger partial charge >= 0.3 is 0 Å². The number of sulfonamides is 1. The first-order chi connectivity index (χ1) is 15.7. The van der Waals surface area contributed by atoms with Crippen LogP contribution in [0, 0.1) is 6.92 Å². The molecule has 2 N–H and O–H groups in total. The Morgan fingerprint density at radius 2 is 1.82 bits per heavy atom. The lowest BCUT2D eigenvalue weighted by molar-refractivity contribution is -0.116. The van der Waals surface area contributed by atoms with Crippen LogP contribution < -0.4 is 10.6 Å². The van der Waals surface area contributed by atoms with Crippen LogP contribution in [-0.4, -0.2) is 50.6 Å². The fourth-order valence-corrected chi connectivity index (χ4v) is 5.56. The van der Waals surface area contributed by atoms with Gasteiger partial charge in [0.1, 0.15) is 4.90 Å². The molecule has 2 aromatic carbocycles. The van der Waals surface area contributed by atoms with E-state index in [-0.39, 0.29) is 35.1 Å². The van der Waals surface area contributed by atoms with Crippen LogP contribution in [0.4, 0.5) is 5.69 Å². The van der Waals surface area contributed by atoms with Crippen molar-refractivity contribution in [2.24, 2.45) is 4.40 Å².